The molecule has 1 amide bonds. The first-order valence-corrected chi connectivity index (χ1v) is 6.89. The second-order valence-corrected chi connectivity index (χ2v) is 5.33. The lowest BCUT2D eigenvalue weighted by Gasteiger charge is -2.11. The fourth-order valence-electron chi connectivity index (χ4n) is 1.48. The summed E-state index contributed by atoms with van der Waals surface area (Å²) in [6.07, 6.45) is 0. The molecule has 2 rings (SSSR count). The molecule has 0 radical (unpaired) electrons. The van der Waals surface area contributed by atoms with E-state index in [1.807, 2.05) is 0 Å². The first-order valence-electron chi connectivity index (χ1n) is 5.35. The third-order valence-corrected chi connectivity index (χ3v) is 3.33. The van der Waals surface area contributed by atoms with Gasteiger partial charge in [0.05, 0.1) is 18.4 Å². The Labute approximate surface area is 133 Å². The minimum Gasteiger partial charge on any atom is -0.495 e. The van der Waals surface area contributed by atoms with Crippen molar-refractivity contribution in [3.63, 3.8) is 0 Å². The number of rotatable bonds is 3. The van der Waals surface area contributed by atoms with Crippen molar-refractivity contribution in [2.45, 2.75) is 0 Å². The number of nitrogens with one attached hydrogen (secondary N) is 1. The average molecular weight is 377 g/mol. The highest BCUT2D eigenvalue weighted by Crippen LogP contribution is 2.29. The van der Waals surface area contributed by atoms with Gasteiger partial charge in [-0.2, -0.15) is 0 Å². The van der Waals surface area contributed by atoms with Crippen LogP contribution in [0.4, 0.5) is 5.69 Å². The van der Waals surface area contributed by atoms with E-state index in [0.29, 0.717) is 11.4 Å². The Hall–Kier alpha value is -1.37. The summed E-state index contributed by atoms with van der Waals surface area (Å²) in [7, 11) is 1.51. The van der Waals surface area contributed by atoms with E-state index in [9.17, 15) is 4.79 Å². The molecule has 0 spiro atoms. The zero-order chi connectivity index (χ0) is 14.7. The predicted molar refractivity (Wildman–Crippen MR) is 80.7 cm³/mol. The van der Waals surface area contributed by atoms with Gasteiger partial charge in [0.15, 0.2) is 10.3 Å². The molecule has 8 heteroatoms. The van der Waals surface area contributed by atoms with Crippen molar-refractivity contribution in [1.29, 1.82) is 0 Å². The van der Waals surface area contributed by atoms with Crippen LogP contribution in [0, 0.1) is 0 Å². The third kappa shape index (κ3) is 3.39. The summed E-state index contributed by atoms with van der Waals surface area (Å²) in [5.41, 5.74) is 0.629. The molecule has 2 aromatic rings. The second-order valence-electron chi connectivity index (χ2n) is 3.67. The van der Waals surface area contributed by atoms with Gasteiger partial charge in [0.25, 0.3) is 5.91 Å². The van der Waals surface area contributed by atoms with Crippen LogP contribution >= 0.6 is 39.1 Å². The molecule has 0 aliphatic heterocycles. The minimum absolute atomic E-state index is 0.0270. The van der Waals surface area contributed by atoms with Gasteiger partial charge in [0, 0.05) is 4.47 Å². The molecule has 0 bridgehead atoms. The highest BCUT2D eigenvalue weighted by atomic mass is 79.9. The molecule has 0 aliphatic carbocycles. The number of ether oxygens (including phenoxy) is 1. The number of nitrogens with zero attached hydrogens (tertiary/aromatic N) is 2. The Morgan fingerprint density at radius 1 is 1.30 bits per heavy atom. The number of anilines is 1. The molecule has 0 fully saturated rings. The maximum Gasteiger partial charge on any atom is 0.259 e. The largest absolute Gasteiger partial charge is 0.495 e. The molecule has 0 atom stereocenters. The van der Waals surface area contributed by atoms with Gasteiger partial charge in [0.2, 0.25) is 0 Å². The Balaban J connectivity index is 2.32. The molecule has 104 valence electrons. The normalized spacial score (nSPS) is 10.2. The Morgan fingerprint density at radius 3 is 2.75 bits per heavy atom. The highest BCUT2D eigenvalue weighted by Gasteiger charge is 2.15. The van der Waals surface area contributed by atoms with Crippen LogP contribution in [0.2, 0.25) is 10.3 Å². The second kappa shape index (κ2) is 6.39. The summed E-state index contributed by atoms with van der Waals surface area (Å²) in [5.74, 6) is 0.0639. The van der Waals surface area contributed by atoms with Crippen LogP contribution in [0.3, 0.4) is 0 Å². The topological polar surface area (TPSA) is 64.1 Å². The van der Waals surface area contributed by atoms with E-state index in [-0.39, 0.29) is 15.9 Å². The quantitative estimate of drug-likeness (QED) is 0.884. The van der Waals surface area contributed by atoms with E-state index < -0.39 is 5.91 Å². The van der Waals surface area contributed by atoms with Gasteiger partial charge in [-0.3, -0.25) is 4.79 Å². The van der Waals surface area contributed by atoms with Crippen molar-refractivity contribution < 1.29 is 9.53 Å². The number of hydrogen-bond donors (Lipinski definition) is 1. The standard InChI is InChI=1S/C12H8BrCl2N3O2/c1-20-9-3-2-6(13)4-8(9)16-12(19)7-5-10(14)17-18-11(7)15/h2-5H,1H3,(H,16,19). The molecule has 0 saturated carbocycles. The lowest BCUT2D eigenvalue weighted by molar-refractivity contribution is 0.102. The summed E-state index contributed by atoms with van der Waals surface area (Å²) in [4.78, 5) is 12.2. The zero-order valence-electron chi connectivity index (χ0n) is 10.2. The van der Waals surface area contributed by atoms with E-state index in [0.717, 1.165) is 4.47 Å². The molecule has 0 unspecified atom stereocenters. The number of benzene rings is 1. The van der Waals surface area contributed by atoms with E-state index in [1.165, 1.54) is 13.2 Å². The van der Waals surface area contributed by atoms with Crippen molar-refractivity contribution in [3.05, 3.63) is 44.6 Å². The molecule has 0 aliphatic rings. The molecular formula is C12H8BrCl2N3O2. The lowest BCUT2D eigenvalue weighted by Crippen LogP contribution is -2.14. The number of methoxy groups -OCH3 is 1. The Kier molecular flexibility index (Phi) is 4.80. The van der Waals surface area contributed by atoms with Crippen molar-refractivity contribution in [3.8, 4) is 5.75 Å². The van der Waals surface area contributed by atoms with E-state index in [4.69, 9.17) is 27.9 Å². The number of carbonyl (C=O) groups is 1. The Morgan fingerprint density at radius 2 is 2.05 bits per heavy atom. The van der Waals surface area contributed by atoms with Crippen LogP contribution in [0.5, 0.6) is 5.75 Å². The average Bonchev–Trinajstić information content (AvgIpc) is 2.41. The fraction of sp³-hybridized carbons (Fsp3) is 0.0833. The van der Waals surface area contributed by atoms with Crippen LogP contribution < -0.4 is 10.1 Å². The highest BCUT2D eigenvalue weighted by molar-refractivity contribution is 9.10. The van der Waals surface area contributed by atoms with Crippen molar-refractivity contribution in [2.75, 3.05) is 12.4 Å². The lowest BCUT2D eigenvalue weighted by atomic mass is 10.2. The summed E-state index contributed by atoms with van der Waals surface area (Å²) in [5, 5.41) is 9.87. The first kappa shape index (κ1) is 15.0. The number of carbonyl (C=O) groups excluding carboxylic acids is 1. The maximum atomic E-state index is 12.2. The fourth-order valence-corrected chi connectivity index (χ4v) is 2.17. The number of aromatic nitrogens is 2. The first-order chi connectivity index (χ1) is 9.51. The smallest absolute Gasteiger partial charge is 0.259 e. The molecule has 0 saturated heterocycles. The third-order valence-electron chi connectivity index (χ3n) is 2.37. The SMILES string of the molecule is COc1ccc(Br)cc1NC(=O)c1cc(Cl)nnc1Cl. The molecule has 1 N–H and O–H groups in total. The van der Waals surface area contributed by atoms with Crippen LogP contribution in [0.15, 0.2) is 28.7 Å². The molecule has 1 heterocycles. The molecule has 5 nitrogen and oxygen atoms in total. The molecule has 1 aromatic heterocycles. The van der Waals surface area contributed by atoms with Crippen molar-refractivity contribution in [1.82, 2.24) is 10.2 Å². The number of halogens is 3. The van der Waals surface area contributed by atoms with Gasteiger partial charge < -0.3 is 10.1 Å². The summed E-state index contributed by atoms with van der Waals surface area (Å²) in [6, 6.07) is 6.57. The molecule has 1 aromatic carbocycles. The van der Waals surface area contributed by atoms with E-state index in [1.54, 1.807) is 18.2 Å². The van der Waals surface area contributed by atoms with Gasteiger partial charge in [-0.1, -0.05) is 39.1 Å². The molecule has 20 heavy (non-hydrogen) atoms. The zero-order valence-corrected chi connectivity index (χ0v) is 13.3. The summed E-state index contributed by atoms with van der Waals surface area (Å²) < 4.78 is 5.97. The maximum absolute atomic E-state index is 12.2. The van der Waals surface area contributed by atoms with Crippen molar-refractivity contribution >= 4 is 50.7 Å². The number of hydrogen-bond acceptors (Lipinski definition) is 4. The van der Waals surface area contributed by atoms with Gasteiger partial charge in [-0.25, -0.2) is 0 Å². The summed E-state index contributed by atoms with van der Waals surface area (Å²) >= 11 is 14.9. The van der Waals surface area contributed by atoms with E-state index >= 15 is 0 Å². The van der Waals surface area contributed by atoms with Crippen LogP contribution in [-0.4, -0.2) is 23.2 Å². The Bertz CT molecular complexity index is 667. The van der Waals surface area contributed by atoms with Crippen LogP contribution in [0.1, 0.15) is 10.4 Å². The van der Waals surface area contributed by atoms with Gasteiger partial charge in [-0.05, 0) is 24.3 Å². The van der Waals surface area contributed by atoms with Gasteiger partial charge in [0.1, 0.15) is 5.75 Å². The van der Waals surface area contributed by atoms with Crippen LogP contribution in [-0.2, 0) is 0 Å². The minimum atomic E-state index is -0.455. The van der Waals surface area contributed by atoms with Gasteiger partial charge in [-0.15, -0.1) is 10.2 Å². The monoisotopic (exact) mass is 375 g/mol. The van der Waals surface area contributed by atoms with E-state index in [2.05, 4.69) is 31.4 Å². The predicted octanol–water partition coefficient (Wildman–Crippen LogP) is 3.81. The molecular weight excluding hydrogens is 369 g/mol. The van der Waals surface area contributed by atoms with Crippen LogP contribution in [0.25, 0.3) is 0 Å². The number of amides is 1. The summed E-state index contributed by atoms with van der Waals surface area (Å²) in [6.45, 7) is 0. The van der Waals surface area contributed by atoms with Crippen molar-refractivity contribution in [2.24, 2.45) is 0 Å². The van der Waals surface area contributed by atoms with Gasteiger partial charge >= 0.3 is 0 Å².